The molecule has 0 fully saturated rings. The quantitative estimate of drug-likeness (QED) is 0.269. The van der Waals surface area contributed by atoms with Crippen molar-refractivity contribution in [1.82, 2.24) is 14.8 Å². The van der Waals surface area contributed by atoms with Gasteiger partial charge in [-0.15, -0.1) is 32.9 Å². The maximum Gasteiger partial charge on any atom is 0.235 e. The van der Waals surface area contributed by atoms with Gasteiger partial charge in [0.15, 0.2) is 11.0 Å². The number of nitrogens with zero attached hydrogens (tertiary/aromatic N) is 4. The number of aromatic nitrogens is 3. The van der Waals surface area contributed by atoms with Gasteiger partial charge in [-0.05, 0) is 49.1 Å². The van der Waals surface area contributed by atoms with E-state index in [0.717, 1.165) is 41.4 Å². The van der Waals surface area contributed by atoms with Crippen molar-refractivity contribution in [2.45, 2.75) is 58.7 Å². The molecule has 186 valence electrons. The lowest BCUT2D eigenvalue weighted by molar-refractivity contribution is -0.113. The fourth-order valence-electron chi connectivity index (χ4n) is 4.86. The maximum atomic E-state index is 12.9. The number of anilines is 1. The van der Waals surface area contributed by atoms with Gasteiger partial charge in [0.25, 0.3) is 0 Å². The van der Waals surface area contributed by atoms with Gasteiger partial charge in [-0.1, -0.05) is 50.7 Å². The molecule has 9 heteroatoms. The smallest absolute Gasteiger partial charge is 0.235 e. The molecule has 1 amide bonds. The third-order valence-corrected chi connectivity index (χ3v) is 10.0. The molecule has 1 aliphatic rings. The number of fused-ring (bicyclic) bond motifs is 2. The summed E-state index contributed by atoms with van der Waals surface area (Å²) in [6.07, 6.45) is 2.96. The normalized spacial score (nSPS) is 15.6. The van der Waals surface area contributed by atoms with Crippen LogP contribution in [-0.2, 0) is 24.2 Å². The molecule has 0 saturated carbocycles. The first-order valence-electron chi connectivity index (χ1n) is 12.2. The number of carbonyl (C=O) groups excluding carboxylic acids is 1. The number of hydrogen-bond donors (Lipinski definition) is 1. The SMILES string of the molecule is CCn1c(SCC(=O)Nc2sc3c(c2C#N)CCC(C(C)(C)C)C3)nnc1-c1csc2ccccc12. The Labute approximate surface area is 223 Å². The number of nitriles is 1. The lowest BCUT2D eigenvalue weighted by Crippen LogP contribution is -2.26. The van der Waals surface area contributed by atoms with E-state index in [0.29, 0.717) is 23.0 Å². The first kappa shape index (κ1) is 25.0. The number of rotatable bonds is 6. The molecular weight excluding hydrogens is 507 g/mol. The van der Waals surface area contributed by atoms with Gasteiger partial charge in [0.05, 0.1) is 11.3 Å². The fourth-order valence-corrected chi connectivity index (χ4v) is 7.89. The molecule has 0 bridgehead atoms. The van der Waals surface area contributed by atoms with E-state index < -0.39 is 0 Å². The molecule has 6 nitrogen and oxygen atoms in total. The second-order valence-corrected chi connectivity index (χ2v) is 13.1. The lowest BCUT2D eigenvalue weighted by atomic mass is 9.72. The number of thioether (sulfide) groups is 1. The van der Waals surface area contributed by atoms with Gasteiger partial charge >= 0.3 is 0 Å². The van der Waals surface area contributed by atoms with Gasteiger partial charge in [0, 0.05) is 32.5 Å². The van der Waals surface area contributed by atoms with E-state index >= 15 is 0 Å². The molecule has 0 saturated heterocycles. The number of thiophene rings is 2. The van der Waals surface area contributed by atoms with Gasteiger partial charge < -0.3 is 9.88 Å². The molecule has 1 N–H and O–H groups in total. The van der Waals surface area contributed by atoms with Crippen molar-refractivity contribution in [1.29, 1.82) is 5.26 Å². The van der Waals surface area contributed by atoms with Gasteiger partial charge in [-0.2, -0.15) is 5.26 Å². The van der Waals surface area contributed by atoms with Crippen LogP contribution < -0.4 is 5.32 Å². The first-order valence-corrected chi connectivity index (χ1v) is 14.8. The molecule has 0 aliphatic heterocycles. The number of nitrogens with one attached hydrogen (secondary N) is 1. The van der Waals surface area contributed by atoms with E-state index in [4.69, 9.17) is 0 Å². The van der Waals surface area contributed by atoms with Crippen molar-refractivity contribution in [2.75, 3.05) is 11.1 Å². The number of amides is 1. The Kier molecular flexibility index (Phi) is 6.95. The van der Waals surface area contributed by atoms with Gasteiger partial charge in [-0.3, -0.25) is 4.79 Å². The van der Waals surface area contributed by atoms with Crippen LogP contribution in [0.25, 0.3) is 21.5 Å². The van der Waals surface area contributed by atoms with Crippen molar-refractivity contribution < 1.29 is 4.79 Å². The summed E-state index contributed by atoms with van der Waals surface area (Å²) < 4.78 is 3.27. The minimum Gasteiger partial charge on any atom is -0.316 e. The topological polar surface area (TPSA) is 83.6 Å². The van der Waals surface area contributed by atoms with Crippen molar-refractivity contribution >= 4 is 55.4 Å². The molecule has 0 radical (unpaired) electrons. The lowest BCUT2D eigenvalue weighted by Gasteiger charge is -2.33. The van der Waals surface area contributed by atoms with E-state index in [1.54, 1.807) is 22.7 Å². The fraction of sp³-hybridized carbons (Fsp3) is 0.407. The summed E-state index contributed by atoms with van der Waals surface area (Å²) >= 11 is 4.64. The Balaban J connectivity index is 1.30. The molecular formula is C27H29N5OS3. The summed E-state index contributed by atoms with van der Waals surface area (Å²) in [4.78, 5) is 14.2. The summed E-state index contributed by atoms with van der Waals surface area (Å²) in [6.45, 7) is 9.61. The van der Waals surface area contributed by atoms with E-state index in [1.165, 1.54) is 26.7 Å². The van der Waals surface area contributed by atoms with Crippen LogP contribution in [0.2, 0.25) is 0 Å². The van der Waals surface area contributed by atoms with Gasteiger partial charge in [-0.25, -0.2) is 0 Å². The third kappa shape index (κ3) is 4.70. The standard InChI is InChI=1S/C27H29N5OS3/c1-5-32-24(20-14-34-21-9-7-6-8-17(20)21)30-31-26(32)35-15-23(33)29-25-19(13-28)18-11-10-16(27(2,3)4)12-22(18)36-25/h6-9,14,16H,5,10-12,15H2,1-4H3,(H,29,33). The number of hydrogen-bond acceptors (Lipinski definition) is 7. The average molecular weight is 536 g/mol. The monoisotopic (exact) mass is 535 g/mol. The minimum absolute atomic E-state index is 0.129. The van der Waals surface area contributed by atoms with Crippen LogP contribution in [0.4, 0.5) is 5.00 Å². The predicted octanol–water partition coefficient (Wildman–Crippen LogP) is 6.99. The zero-order chi connectivity index (χ0) is 25.4. The van der Waals surface area contributed by atoms with Crippen LogP contribution in [0.1, 0.15) is 50.1 Å². The Hall–Kier alpha value is -2.67. The van der Waals surface area contributed by atoms with E-state index in [1.807, 2.05) is 12.1 Å². The van der Waals surface area contributed by atoms with Gasteiger partial charge in [0.1, 0.15) is 11.1 Å². The van der Waals surface area contributed by atoms with Crippen LogP contribution in [0.3, 0.4) is 0 Å². The van der Waals surface area contributed by atoms with Crippen molar-refractivity contribution in [2.24, 2.45) is 11.3 Å². The molecule has 3 aromatic heterocycles. The second kappa shape index (κ2) is 10.0. The minimum atomic E-state index is -0.129. The highest BCUT2D eigenvalue weighted by molar-refractivity contribution is 7.99. The highest BCUT2D eigenvalue weighted by Crippen LogP contribution is 2.44. The Morgan fingerprint density at radius 1 is 1.31 bits per heavy atom. The van der Waals surface area contributed by atoms with Crippen molar-refractivity contribution in [3.63, 3.8) is 0 Å². The highest BCUT2D eigenvalue weighted by Gasteiger charge is 2.32. The molecule has 5 rings (SSSR count). The molecule has 36 heavy (non-hydrogen) atoms. The van der Waals surface area contributed by atoms with Crippen molar-refractivity contribution in [3.05, 3.63) is 45.6 Å². The third-order valence-electron chi connectivity index (χ3n) is 6.94. The predicted molar refractivity (Wildman–Crippen MR) is 150 cm³/mol. The van der Waals surface area contributed by atoms with Crippen molar-refractivity contribution in [3.8, 4) is 17.5 Å². The van der Waals surface area contributed by atoms with Crippen LogP contribution >= 0.6 is 34.4 Å². The van der Waals surface area contributed by atoms with E-state index in [-0.39, 0.29) is 17.1 Å². The second-order valence-electron chi connectivity index (χ2n) is 10.2. The highest BCUT2D eigenvalue weighted by atomic mass is 32.2. The Morgan fingerprint density at radius 3 is 2.86 bits per heavy atom. The Morgan fingerprint density at radius 2 is 2.11 bits per heavy atom. The Bertz CT molecular complexity index is 1470. The van der Waals surface area contributed by atoms with Crippen LogP contribution in [0.15, 0.2) is 34.8 Å². The number of carbonyl (C=O) groups is 1. The van der Waals surface area contributed by atoms with Gasteiger partial charge in [0.2, 0.25) is 5.91 Å². The summed E-state index contributed by atoms with van der Waals surface area (Å²) in [5, 5.41) is 26.4. The molecule has 4 aromatic rings. The zero-order valence-corrected chi connectivity index (χ0v) is 23.4. The molecule has 3 heterocycles. The first-order chi connectivity index (χ1) is 17.3. The largest absolute Gasteiger partial charge is 0.316 e. The van der Waals surface area contributed by atoms with E-state index in [9.17, 15) is 10.1 Å². The average Bonchev–Trinajstić information content (AvgIpc) is 3.55. The molecule has 1 unspecified atom stereocenters. The van der Waals surface area contributed by atoms with Crippen LogP contribution in [0.5, 0.6) is 0 Å². The summed E-state index contributed by atoms with van der Waals surface area (Å²) in [7, 11) is 0. The summed E-state index contributed by atoms with van der Waals surface area (Å²) in [6, 6.07) is 10.6. The number of benzene rings is 1. The van der Waals surface area contributed by atoms with Crippen LogP contribution in [0, 0.1) is 22.7 Å². The summed E-state index contributed by atoms with van der Waals surface area (Å²) in [5.74, 6) is 1.49. The van der Waals surface area contributed by atoms with Crippen LogP contribution in [-0.4, -0.2) is 26.4 Å². The molecule has 1 aromatic carbocycles. The zero-order valence-electron chi connectivity index (χ0n) is 20.9. The van der Waals surface area contributed by atoms with E-state index in [2.05, 4.69) is 71.4 Å². The molecule has 1 aliphatic carbocycles. The molecule has 0 spiro atoms. The summed E-state index contributed by atoms with van der Waals surface area (Å²) in [5.41, 5.74) is 3.07. The maximum absolute atomic E-state index is 12.9. The molecule has 1 atom stereocenters.